The molecule has 2 saturated heterocycles. The predicted octanol–water partition coefficient (Wildman–Crippen LogP) is 1.56. The number of imidazole rings is 1. The van der Waals surface area contributed by atoms with Crippen molar-refractivity contribution >= 4 is 11.6 Å². The molecule has 7 heteroatoms. The monoisotopic (exact) mass is 358 g/mol. The van der Waals surface area contributed by atoms with Gasteiger partial charge in [-0.15, -0.1) is 0 Å². The minimum absolute atomic E-state index is 0.255. The van der Waals surface area contributed by atoms with Gasteiger partial charge in [-0.25, -0.2) is 4.98 Å². The number of fused-ring (bicyclic) bond motifs is 1. The maximum Gasteiger partial charge on any atom is 0.222 e. The Morgan fingerprint density at radius 3 is 2.92 bits per heavy atom. The first-order chi connectivity index (χ1) is 12.8. The fourth-order valence-corrected chi connectivity index (χ4v) is 3.83. The predicted molar refractivity (Wildman–Crippen MR) is 95.7 cm³/mol. The number of nitrogens with zero attached hydrogens (tertiary/aromatic N) is 4. The molecule has 0 unspecified atom stereocenters. The van der Waals surface area contributed by atoms with Crippen LogP contribution in [-0.2, 0) is 20.7 Å². The molecule has 0 saturated carbocycles. The standard InChI is InChI=1S/C19H26N4O3/c24-19(10-15-1-6-25-7-2-15)23-5-8-26-14-16(12-23)9-17-13-22-4-3-20-18(22)11-21-17/h3-4,11,13,15-16H,1-2,5-10,12,14H2/t16-/m1/s1. The van der Waals surface area contributed by atoms with E-state index >= 15 is 0 Å². The van der Waals surface area contributed by atoms with Crippen molar-refractivity contribution in [1.29, 1.82) is 0 Å². The van der Waals surface area contributed by atoms with E-state index in [0.717, 1.165) is 50.4 Å². The van der Waals surface area contributed by atoms with Gasteiger partial charge in [-0.3, -0.25) is 9.78 Å². The lowest BCUT2D eigenvalue weighted by molar-refractivity contribution is -0.133. The summed E-state index contributed by atoms with van der Waals surface area (Å²) >= 11 is 0. The molecule has 4 rings (SSSR count). The average Bonchev–Trinajstić information content (AvgIpc) is 3.00. The number of aromatic nitrogens is 3. The molecule has 0 bridgehead atoms. The highest BCUT2D eigenvalue weighted by Crippen LogP contribution is 2.21. The highest BCUT2D eigenvalue weighted by Gasteiger charge is 2.26. The zero-order valence-corrected chi connectivity index (χ0v) is 15.0. The molecule has 4 heterocycles. The zero-order valence-electron chi connectivity index (χ0n) is 15.0. The Morgan fingerprint density at radius 1 is 1.15 bits per heavy atom. The molecule has 2 aliphatic rings. The van der Waals surface area contributed by atoms with Crippen molar-refractivity contribution in [2.24, 2.45) is 11.8 Å². The molecule has 0 spiro atoms. The van der Waals surface area contributed by atoms with Crippen LogP contribution in [0.3, 0.4) is 0 Å². The van der Waals surface area contributed by atoms with Crippen molar-refractivity contribution in [3.05, 3.63) is 30.5 Å². The van der Waals surface area contributed by atoms with E-state index < -0.39 is 0 Å². The van der Waals surface area contributed by atoms with Crippen LogP contribution in [0.15, 0.2) is 24.8 Å². The zero-order chi connectivity index (χ0) is 17.8. The topological polar surface area (TPSA) is 69.0 Å². The average molecular weight is 358 g/mol. The van der Waals surface area contributed by atoms with E-state index in [0.29, 0.717) is 32.1 Å². The first kappa shape index (κ1) is 17.4. The quantitative estimate of drug-likeness (QED) is 0.830. The molecule has 2 aromatic rings. The maximum atomic E-state index is 12.8. The minimum atomic E-state index is 0.255. The molecule has 0 N–H and O–H groups in total. The molecule has 1 amide bonds. The molecule has 140 valence electrons. The van der Waals surface area contributed by atoms with Crippen molar-refractivity contribution in [3.8, 4) is 0 Å². The van der Waals surface area contributed by atoms with Crippen LogP contribution in [0.5, 0.6) is 0 Å². The largest absolute Gasteiger partial charge is 0.381 e. The van der Waals surface area contributed by atoms with E-state index in [2.05, 4.69) is 9.97 Å². The molecule has 0 radical (unpaired) electrons. The molecule has 0 aliphatic carbocycles. The molecular formula is C19H26N4O3. The van der Waals surface area contributed by atoms with Crippen LogP contribution in [0, 0.1) is 11.8 Å². The number of hydrogen-bond donors (Lipinski definition) is 0. The van der Waals surface area contributed by atoms with Gasteiger partial charge in [-0.05, 0) is 25.2 Å². The molecule has 2 fully saturated rings. The Bertz CT molecular complexity index is 741. The lowest BCUT2D eigenvalue weighted by Gasteiger charge is -2.27. The van der Waals surface area contributed by atoms with Crippen LogP contribution in [0.2, 0.25) is 0 Å². The van der Waals surface area contributed by atoms with Crippen molar-refractivity contribution in [2.45, 2.75) is 25.7 Å². The molecular weight excluding hydrogens is 332 g/mol. The summed E-state index contributed by atoms with van der Waals surface area (Å²) in [5.74, 6) is 0.985. The number of carbonyl (C=O) groups is 1. The number of ether oxygens (including phenoxy) is 2. The second-order valence-corrected chi connectivity index (χ2v) is 7.32. The van der Waals surface area contributed by atoms with Crippen molar-refractivity contribution < 1.29 is 14.3 Å². The molecule has 2 aromatic heterocycles. The summed E-state index contributed by atoms with van der Waals surface area (Å²) in [7, 11) is 0. The van der Waals surface area contributed by atoms with E-state index in [9.17, 15) is 4.79 Å². The summed E-state index contributed by atoms with van der Waals surface area (Å²) < 4.78 is 13.1. The molecule has 0 aromatic carbocycles. The van der Waals surface area contributed by atoms with Gasteiger partial charge in [0.25, 0.3) is 0 Å². The van der Waals surface area contributed by atoms with Gasteiger partial charge in [0.05, 0.1) is 25.1 Å². The summed E-state index contributed by atoms with van der Waals surface area (Å²) in [5, 5.41) is 0. The summed E-state index contributed by atoms with van der Waals surface area (Å²) in [4.78, 5) is 23.5. The number of carbonyl (C=O) groups excluding carboxylic acids is 1. The van der Waals surface area contributed by atoms with Crippen LogP contribution in [0.1, 0.15) is 25.0 Å². The highest BCUT2D eigenvalue weighted by molar-refractivity contribution is 5.76. The van der Waals surface area contributed by atoms with E-state index in [-0.39, 0.29) is 11.8 Å². The summed E-state index contributed by atoms with van der Waals surface area (Å²) in [5.41, 5.74) is 1.85. The normalized spacial score (nSPS) is 22.5. The lowest BCUT2D eigenvalue weighted by atomic mass is 9.95. The first-order valence-corrected chi connectivity index (χ1v) is 9.49. The second-order valence-electron chi connectivity index (χ2n) is 7.32. The first-order valence-electron chi connectivity index (χ1n) is 9.49. The summed E-state index contributed by atoms with van der Waals surface area (Å²) in [6.45, 7) is 4.28. The van der Waals surface area contributed by atoms with Crippen LogP contribution in [0.4, 0.5) is 0 Å². The smallest absolute Gasteiger partial charge is 0.222 e. The number of amides is 1. The summed E-state index contributed by atoms with van der Waals surface area (Å²) in [6.07, 6.45) is 10.9. The fraction of sp³-hybridized carbons (Fsp3) is 0.632. The van der Waals surface area contributed by atoms with Gasteiger partial charge in [0, 0.05) is 57.2 Å². The second kappa shape index (κ2) is 8.14. The molecule has 1 atom stereocenters. The summed E-state index contributed by atoms with van der Waals surface area (Å²) in [6, 6.07) is 0. The molecule has 2 aliphatic heterocycles. The van der Waals surface area contributed by atoms with Crippen LogP contribution in [-0.4, -0.2) is 64.7 Å². The maximum absolute atomic E-state index is 12.8. The van der Waals surface area contributed by atoms with Gasteiger partial charge in [0.15, 0.2) is 5.65 Å². The van der Waals surface area contributed by atoms with Crippen LogP contribution < -0.4 is 0 Å². The third-order valence-electron chi connectivity index (χ3n) is 5.32. The highest BCUT2D eigenvalue weighted by atomic mass is 16.5. The fourth-order valence-electron chi connectivity index (χ4n) is 3.83. The van der Waals surface area contributed by atoms with Crippen molar-refractivity contribution in [1.82, 2.24) is 19.3 Å². The van der Waals surface area contributed by atoms with Crippen molar-refractivity contribution in [2.75, 3.05) is 39.5 Å². The number of hydrogen-bond acceptors (Lipinski definition) is 5. The Kier molecular flexibility index (Phi) is 5.45. The van der Waals surface area contributed by atoms with Crippen molar-refractivity contribution in [3.63, 3.8) is 0 Å². The number of rotatable bonds is 4. The van der Waals surface area contributed by atoms with Gasteiger partial charge in [0.2, 0.25) is 5.91 Å². The molecule has 26 heavy (non-hydrogen) atoms. The Labute approximate surface area is 153 Å². The minimum Gasteiger partial charge on any atom is -0.381 e. The van der Waals surface area contributed by atoms with Gasteiger partial charge < -0.3 is 18.8 Å². The Balaban J connectivity index is 1.37. The van der Waals surface area contributed by atoms with E-state index in [4.69, 9.17) is 9.47 Å². The van der Waals surface area contributed by atoms with Gasteiger partial charge in [-0.2, -0.15) is 0 Å². The Hall–Kier alpha value is -1.99. The Morgan fingerprint density at radius 2 is 2.04 bits per heavy atom. The third-order valence-corrected chi connectivity index (χ3v) is 5.32. The SMILES string of the molecule is O=C(CC1CCOCC1)N1CCOC[C@H](Cc2cn3ccnc3cn2)C1. The molecule has 7 nitrogen and oxygen atoms in total. The van der Waals surface area contributed by atoms with Gasteiger partial charge in [0.1, 0.15) is 0 Å². The van der Waals surface area contributed by atoms with Crippen LogP contribution in [0.25, 0.3) is 5.65 Å². The van der Waals surface area contributed by atoms with Crippen LogP contribution >= 0.6 is 0 Å². The van der Waals surface area contributed by atoms with E-state index in [1.165, 1.54) is 0 Å². The van der Waals surface area contributed by atoms with Gasteiger partial charge in [-0.1, -0.05) is 0 Å². The third kappa shape index (κ3) is 4.22. The lowest BCUT2D eigenvalue weighted by Crippen LogP contribution is -2.38. The van der Waals surface area contributed by atoms with E-state index in [1.54, 1.807) is 12.4 Å². The van der Waals surface area contributed by atoms with E-state index in [1.807, 2.05) is 21.7 Å². The van der Waals surface area contributed by atoms with Gasteiger partial charge >= 0.3 is 0 Å².